The quantitative estimate of drug-likeness (QED) is 0.904. The number of hydrogen-bond donors (Lipinski definition) is 1. The van der Waals surface area contributed by atoms with Gasteiger partial charge in [-0.3, -0.25) is 4.68 Å². The molecule has 2 aliphatic carbocycles. The van der Waals surface area contributed by atoms with E-state index >= 15 is 0 Å². The first-order valence-corrected chi connectivity index (χ1v) is 9.60. The summed E-state index contributed by atoms with van der Waals surface area (Å²) < 4.78 is 25.7. The zero-order valence-corrected chi connectivity index (χ0v) is 13.7. The highest BCUT2D eigenvalue weighted by Crippen LogP contribution is 2.49. The number of rotatable bonds is 5. The molecule has 3 unspecified atom stereocenters. The average Bonchev–Trinajstić information content (AvgIpc) is 3.10. The molecule has 3 atom stereocenters. The predicted octanol–water partition coefficient (Wildman–Crippen LogP) is 2.09. The fraction of sp³-hybridized carbons (Fsp3) is 0.800. The van der Waals surface area contributed by atoms with Crippen LogP contribution in [0.2, 0.25) is 0 Å². The molecule has 118 valence electrons. The highest BCUT2D eigenvalue weighted by atomic mass is 32.2. The first kappa shape index (κ1) is 15.0. The Bertz CT molecular complexity index is 636. The molecule has 1 aromatic heterocycles. The number of aryl methyl sites for hydroxylation is 1. The molecule has 2 fully saturated rings. The average molecular weight is 311 g/mol. The van der Waals surface area contributed by atoms with Crippen LogP contribution in [0.5, 0.6) is 0 Å². The van der Waals surface area contributed by atoms with Gasteiger partial charge in [0.1, 0.15) is 4.90 Å². The van der Waals surface area contributed by atoms with Crippen LogP contribution in [0.15, 0.2) is 4.90 Å². The molecule has 3 rings (SSSR count). The van der Waals surface area contributed by atoms with Crippen LogP contribution >= 0.6 is 0 Å². The van der Waals surface area contributed by atoms with E-state index in [1.807, 2.05) is 18.5 Å². The first-order chi connectivity index (χ1) is 9.94. The molecule has 0 aromatic carbocycles. The lowest BCUT2D eigenvalue weighted by Crippen LogP contribution is -2.20. The van der Waals surface area contributed by atoms with Crippen LogP contribution in [0, 0.1) is 17.8 Å². The number of nitrogens with zero attached hydrogens (tertiary/aromatic N) is 2. The predicted molar refractivity (Wildman–Crippen MR) is 81.3 cm³/mol. The second kappa shape index (κ2) is 5.39. The molecule has 0 aliphatic heterocycles. The van der Waals surface area contributed by atoms with Gasteiger partial charge in [-0.15, -0.1) is 0 Å². The normalized spacial score (nSPS) is 28.4. The van der Waals surface area contributed by atoms with E-state index in [9.17, 15) is 8.42 Å². The molecule has 0 saturated heterocycles. The highest BCUT2D eigenvalue weighted by molar-refractivity contribution is 7.89. The Labute approximate surface area is 127 Å². The number of aromatic nitrogens is 2. The zero-order chi connectivity index (χ0) is 15.2. The van der Waals surface area contributed by atoms with Crippen LogP contribution in [-0.2, 0) is 29.4 Å². The third-order valence-electron chi connectivity index (χ3n) is 5.32. The van der Waals surface area contributed by atoms with Crippen molar-refractivity contribution in [2.45, 2.75) is 63.8 Å². The summed E-state index contributed by atoms with van der Waals surface area (Å²) in [5.74, 6) is 2.36. The van der Waals surface area contributed by atoms with Gasteiger partial charge < -0.3 is 0 Å². The van der Waals surface area contributed by atoms with Crippen molar-refractivity contribution in [3.63, 3.8) is 0 Å². The SMILES string of the molecule is CCc1nn(CC2CC3CCC2C3)c(CC)c1S(N)(=O)=O. The zero-order valence-electron chi connectivity index (χ0n) is 12.9. The van der Waals surface area contributed by atoms with Crippen LogP contribution in [0.3, 0.4) is 0 Å². The van der Waals surface area contributed by atoms with Gasteiger partial charge in [0.15, 0.2) is 0 Å². The van der Waals surface area contributed by atoms with E-state index in [1.54, 1.807) is 0 Å². The summed E-state index contributed by atoms with van der Waals surface area (Å²) in [7, 11) is -3.69. The van der Waals surface area contributed by atoms with Crippen molar-refractivity contribution in [3.8, 4) is 0 Å². The summed E-state index contributed by atoms with van der Waals surface area (Å²) in [6, 6.07) is 0. The summed E-state index contributed by atoms with van der Waals surface area (Å²) in [4.78, 5) is 0.274. The van der Waals surface area contributed by atoms with E-state index in [2.05, 4.69) is 5.10 Å². The standard InChI is InChI=1S/C15H25N3O2S/c1-3-13-15(21(16,19)20)14(4-2)18(17-13)9-12-8-10-5-6-11(12)7-10/h10-12H,3-9H2,1-2H3,(H2,16,19,20). The molecule has 21 heavy (non-hydrogen) atoms. The fourth-order valence-electron chi connectivity index (χ4n) is 4.41. The molecule has 0 spiro atoms. The first-order valence-electron chi connectivity index (χ1n) is 8.05. The Balaban J connectivity index is 1.93. The molecular formula is C15H25N3O2S. The van der Waals surface area contributed by atoms with Crippen molar-refractivity contribution in [2.24, 2.45) is 22.9 Å². The second-order valence-electron chi connectivity index (χ2n) is 6.59. The van der Waals surface area contributed by atoms with E-state index < -0.39 is 10.0 Å². The smallest absolute Gasteiger partial charge is 0.241 e. The minimum Gasteiger partial charge on any atom is -0.268 e. The third kappa shape index (κ3) is 2.63. The van der Waals surface area contributed by atoms with Gasteiger partial charge in [0.25, 0.3) is 0 Å². The maximum absolute atomic E-state index is 11.9. The fourth-order valence-corrected chi connectivity index (χ4v) is 5.50. The summed E-state index contributed by atoms with van der Waals surface area (Å²) >= 11 is 0. The molecule has 2 saturated carbocycles. The van der Waals surface area contributed by atoms with Crippen LogP contribution in [-0.4, -0.2) is 18.2 Å². The van der Waals surface area contributed by atoms with Crippen LogP contribution in [0.25, 0.3) is 0 Å². The molecule has 6 heteroatoms. The van der Waals surface area contributed by atoms with E-state index in [0.717, 1.165) is 24.1 Å². The summed E-state index contributed by atoms with van der Waals surface area (Å²) in [5, 5.41) is 9.98. The molecular weight excluding hydrogens is 286 g/mol. The third-order valence-corrected chi connectivity index (χ3v) is 6.36. The topological polar surface area (TPSA) is 78.0 Å². The lowest BCUT2D eigenvalue weighted by molar-refractivity contribution is 0.282. The van der Waals surface area contributed by atoms with Crippen molar-refractivity contribution in [1.82, 2.24) is 9.78 Å². The molecule has 0 radical (unpaired) electrons. The molecule has 2 bridgehead atoms. The van der Waals surface area contributed by atoms with Crippen LogP contribution in [0.1, 0.15) is 50.9 Å². The molecule has 2 N–H and O–H groups in total. The number of primary sulfonamides is 1. The van der Waals surface area contributed by atoms with Gasteiger partial charge in [-0.1, -0.05) is 20.3 Å². The van der Waals surface area contributed by atoms with E-state index in [1.165, 1.54) is 25.7 Å². The van der Waals surface area contributed by atoms with E-state index in [4.69, 9.17) is 5.14 Å². The lowest BCUT2D eigenvalue weighted by Gasteiger charge is -2.22. The Kier molecular flexibility index (Phi) is 3.86. The Morgan fingerprint density at radius 1 is 1.24 bits per heavy atom. The second-order valence-corrected chi connectivity index (χ2v) is 8.09. The molecule has 2 aliphatic rings. The molecule has 1 aromatic rings. The van der Waals surface area contributed by atoms with Crippen molar-refractivity contribution in [2.75, 3.05) is 0 Å². The van der Waals surface area contributed by atoms with Crippen LogP contribution < -0.4 is 5.14 Å². The van der Waals surface area contributed by atoms with E-state index in [0.29, 0.717) is 24.5 Å². The van der Waals surface area contributed by atoms with Crippen LogP contribution in [0.4, 0.5) is 0 Å². The van der Waals surface area contributed by atoms with Gasteiger partial charge in [0, 0.05) is 6.54 Å². The number of sulfonamides is 1. The number of hydrogen-bond acceptors (Lipinski definition) is 3. The van der Waals surface area contributed by atoms with E-state index in [-0.39, 0.29) is 4.90 Å². The van der Waals surface area contributed by atoms with Crippen molar-refractivity contribution < 1.29 is 8.42 Å². The molecule has 0 amide bonds. The lowest BCUT2D eigenvalue weighted by atomic mass is 9.89. The molecule has 5 nitrogen and oxygen atoms in total. The Morgan fingerprint density at radius 2 is 2.00 bits per heavy atom. The minimum absolute atomic E-state index is 0.274. The van der Waals surface area contributed by atoms with Crippen molar-refractivity contribution >= 4 is 10.0 Å². The van der Waals surface area contributed by atoms with Gasteiger partial charge in [-0.05, 0) is 49.9 Å². The number of fused-ring (bicyclic) bond motifs is 2. The van der Waals surface area contributed by atoms with Gasteiger partial charge in [0.2, 0.25) is 10.0 Å². The minimum atomic E-state index is -3.69. The van der Waals surface area contributed by atoms with Gasteiger partial charge in [-0.2, -0.15) is 5.10 Å². The monoisotopic (exact) mass is 311 g/mol. The largest absolute Gasteiger partial charge is 0.268 e. The molecule has 1 heterocycles. The Morgan fingerprint density at radius 3 is 2.48 bits per heavy atom. The highest BCUT2D eigenvalue weighted by Gasteiger charge is 2.40. The Hall–Kier alpha value is -0.880. The van der Waals surface area contributed by atoms with Crippen molar-refractivity contribution in [1.29, 1.82) is 0 Å². The number of nitrogens with two attached hydrogens (primary N) is 1. The van der Waals surface area contributed by atoms with Gasteiger partial charge in [-0.25, -0.2) is 13.6 Å². The maximum Gasteiger partial charge on any atom is 0.241 e. The maximum atomic E-state index is 11.9. The van der Waals surface area contributed by atoms with Crippen molar-refractivity contribution in [3.05, 3.63) is 11.4 Å². The summed E-state index contributed by atoms with van der Waals surface area (Å²) in [6.45, 7) is 4.76. The summed E-state index contributed by atoms with van der Waals surface area (Å²) in [6.07, 6.45) is 6.60. The van der Waals surface area contributed by atoms with Gasteiger partial charge in [0.05, 0.1) is 11.4 Å². The van der Waals surface area contributed by atoms with Gasteiger partial charge >= 0.3 is 0 Å². The summed E-state index contributed by atoms with van der Waals surface area (Å²) in [5.41, 5.74) is 1.41.